The van der Waals surface area contributed by atoms with Gasteiger partial charge >= 0.3 is 0 Å². The first-order chi connectivity index (χ1) is 21.5. The summed E-state index contributed by atoms with van der Waals surface area (Å²) in [5, 5.41) is 6.28. The lowest BCUT2D eigenvalue weighted by molar-refractivity contribution is 1.42. The van der Waals surface area contributed by atoms with Crippen LogP contribution in [0.3, 0.4) is 0 Å². The minimum Gasteiger partial charge on any atom is -0.354 e. The monoisotopic (exact) mass is 563 g/mol. The standard InChI is InChI=1S/C43H33N/c1-27-4-10-30(11-5-27)33-16-18-35-25-39-23-34(17-19-36(39)24-38(35)22-33)37-20-21-40-41(26-37)44-43(32-14-8-29(3)9-15-32)42(40)31-12-6-28(2)7-13-31/h4-26,44H,1-3H3. The van der Waals surface area contributed by atoms with Gasteiger partial charge in [0.2, 0.25) is 0 Å². The number of fused-ring (bicyclic) bond motifs is 3. The summed E-state index contributed by atoms with van der Waals surface area (Å²) in [5.41, 5.74) is 14.7. The Kier molecular flexibility index (Phi) is 6.20. The van der Waals surface area contributed by atoms with Gasteiger partial charge in [0.15, 0.2) is 0 Å². The molecule has 0 atom stereocenters. The molecule has 1 heteroatoms. The van der Waals surface area contributed by atoms with Crippen LogP contribution in [0.2, 0.25) is 0 Å². The van der Waals surface area contributed by atoms with Crippen LogP contribution in [0.1, 0.15) is 16.7 Å². The van der Waals surface area contributed by atoms with Crippen LogP contribution in [0, 0.1) is 20.8 Å². The minimum absolute atomic E-state index is 1.15. The Bertz CT molecular complexity index is 2320. The number of nitrogens with one attached hydrogen (secondary N) is 1. The van der Waals surface area contributed by atoms with Gasteiger partial charge in [0.05, 0.1) is 5.69 Å². The molecule has 0 spiro atoms. The van der Waals surface area contributed by atoms with Crippen molar-refractivity contribution in [2.24, 2.45) is 0 Å². The summed E-state index contributed by atoms with van der Waals surface area (Å²) >= 11 is 0. The van der Waals surface area contributed by atoms with Gasteiger partial charge < -0.3 is 4.98 Å². The predicted molar refractivity (Wildman–Crippen MR) is 189 cm³/mol. The van der Waals surface area contributed by atoms with Gasteiger partial charge in [-0.1, -0.05) is 126 Å². The van der Waals surface area contributed by atoms with Gasteiger partial charge in [0.25, 0.3) is 0 Å². The lowest BCUT2D eigenvalue weighted by Gasteiger charge is -2.09. The number of rotatable bonds is 4. The fraction of sp³-hybridized carbons (Fsp3) is 0.0698. The molecule has 0 fully saturated rings. The van der Waals surface area contributed by atoms with Gasteiger partial charge in [-0.3, -0.25) is 0 Å². The maximum atomic E-state index is 3.81. The first-order valence-electron chi connectivity index (χ1n) is 15.3. The summed E-state index contributed by atoms with van der Waals surface area (Å²) < 4.78 is 0. The highest BCUT2D eigenvalue weighted by Crippen LogP contribution is 2.40. The van der Waals surface area contributed by atoms with Crippen molar-refractivity contribution in [3.05, 3.63) is 156 Å². The van der Waals surface area contributed by atoms with E-state index < -0.39 is 0 Å². The van der Waals surface area contributed by atoms with E-state index in [1.165, 1.54) is 82.6 Å². The van der Waals surface area contributed by atoms with Crippen LogP contribution >= 0.6 is 0 Å². The van der Waals surface area contributed by atoms with E-state index in [9.17, 15) is 0 Å². The fourth-order valence-corrected chi connectivity index (χ4v) is 6.44. The van der Waals surface area contributed by atoms with Crippen molar-refractivity contribution in [3.8, 4) is 44.6 Å². The van der Waals surface area contributed by atoms with E-state index in [-0.39, 0.29) is 0 Å². The smallest absolute Gasteiger partial charge is 0.0544 e. The minimum atomic E-state index is 1.15. The van der Waals surface area contributed by atoms with E-state index >= 15 is 0 Å². The Hall–Kier alpha value is -5.40. The van der Waals surface area contributed by atoms with Crippen LogP contribution in [0.25, 0.3) is 77.1 Å². The van der Waals surface area contributed by atoms with Gasteiger partial charge in [-0.05, 0) is 106 Å². The SMILES string of the molecule is Cc1ccc(-c2ccc3cc4cc(-c5ccc6c(-c7ccc(C)cc7)c(-c7ccc(C)cc7)[nH]c6c5)ccc4cc3c2)cc1. The van der Waals surface area contributed by atoms with Gasteiger partial charge in [-0.15, -0.1) is 0 Å². The second kappa shape index (κ2) is 10.4. The van der Waals surface area contributed by atoms with Crippen LogP contribution in [0.15, 0.2) is 140 Å². The average Bonchev–Trinajstić information content (AvgIpc) is 3.43. The molecule has 0 unspecified atom stereocenters. The molecule has 8 rings (SSSR count). The molecule has 8 aromatic rings. The van der Waals surface area contributed by atoms with Gasteiger partial charge in [0.1, 0.15) is 0 Å². The Morgan fingerprint density at radius 3 is 1.34 bits per heavy atom. The van der Waals surface area contributed by atoms with Crippen LogP contribution < -0.4 is 0 Å². The fourth-order valence-electron chi connectivity index (χ4n) is 6.44. The van der Waals surface area contributed by atoms with Crippen molar-refractivity contribution in [3.63, 3.8) is 0 Å². The molecule has 0 bridgehead atoms. The van der Waals surface area contributed by atoms with Crippen molar-refractivity contribution in [2.75, 3.05) is 0 Å². The molecule has 0 aliphatic heterocycles. The third kappa shape index (κ3) is 4.68. The number of aromatic nitrogens is 1. The first-order valence-corrected chi connectivity index (χ1v) is 15.3. The number of H-pyrrole nitrogens is 1. The Balaban J connectivity index is 1.21. The highest BCUT2D eigenvalue weighted by Gasteiger charge is 2.16. The molecule has 1 heterocycles. The molecular formula is C43H33N. The zero-order chi connectivity index (χ0) is 29.8. The molecule has 1 nitrogen and oxygen atoms in total. The number of hydrogen-bond acceptors (Lipinski definition) is 0. The van der Waals surface area contributed by atoms with Crippen molar-refractivity contribution in [1.29, 1.82) is 0 Å². The first kappa shape index (κ1) is 26.2. The number of benzene rings is 7. The molecule has 0 aliphatic carbocycles. The topological polar surface area (TPSA) is 15.8 Å². The Morgan fingerprint density at radius 1 is 0.341 bits per heavy atom. The second-order valence-corrected chi connectivity index (χ2v) is 12.2. The summed E-state index contributed by atoms with van der Waals surface area (Å²) in [4.78, 5) is 3.81. The van der Waals surface area contributed by atoms with Gasteiger partial charge in [-0.25, -0.2) is 0 Å². The zero-order valence-corrected chi connectivity index (χ0v) is 25.3. The second-order valence-electron chi connectivity index (χ2n) is 12.2. The number of aromatic amines is 1. The molecule has 0 amide bonds. The van der Waals surface area contributed by atoms with Crippen LogP contribution in [-0.4, -0.2) is 4.98 Å². The molecule has 1 N–H and O–H groups in total. The molecule has 0 saturated carbocycles. The van der Waals surface area contributed by atoms with Crippen LogP contribution in [0.4, 0.5) is 0 Å². The molecule has 0 radical (unpaired) electrons. The van der Waals surface area contributed by atoms with Crippen LogP contribution in [-0.2, 0) is 0 Å². The van der Waals surface area contributed by atoms with Gasteiger partial charge in [-0.2, -0.15) is 0 Å². The third-order valence-electron chi connectivity index (χ3n) is 8.99. The summed E-state index contributed by atoms with van der Waals surface area (Å²) in [6.07, 6.45) is 0. The lowest BCUT2D eigenvalue weighted by atomic mass is 9.94. The average molecular weight is 564 g/mol. The summed E-state index contributed by atoms with van der Waals surface area (Å²) in [5.74, 6) is 0. The number of aryl methyl sites for hydroxylation is 3. The molecule has 1 aromatic heterocycles. The molecule has 44 heavy (non-hydrogen) atoms. The Morgan fingerprint density at radius 2 is 0.773 bits per heavy atom. The molecule has 210 valence electrons. The summed E-state index contributed by atoms with van der Waals surface area (Å²) in [7, 11) is 0. The Labute approximate surface area is 258 Å². The third-order valence-corrected chi connectivity index (χ3v) is 8.99. The summed E-state index contributed by atoms with van der Waals surface area (Å²) in [6.45, 7) is 6.41. The van der Waals surface area contributed by atoms with Crippen molar-refractivity contribution < 1.29 is 0 Å². The van der Waals surface area contributed by atoms with E-state index in [1.54, 1.807) is 0 Å². The maximum Gasteiger partial charge on any atom is 0.0544 e. The van der Waals surface area contributed by atoms with Crippen molar-refractivity contribution in [1.82, 2.24) is 4.98 Å². The normalized spacial score (nSPS) is 11.5. The predicted octanol–water partition coefficient (Wildman–Crippen LogP) is 12.1. The lowest BCUT2D eigenvalue weighted by Crippen LogP contribution is -1.84. The summed E-state index contributed by atoms with van der Waals surface area (Å²) in [6, 6.07) is 51.6. The van der Waals surface area contributed by atoms with Crippen molar-refractivity contribution in [2.45, 2.75) is 20.8 Å². The quantitative estimate of drug-likeness (QED) is 0.205. The molecule has 7 aromatic carbocycles. The van der Waals surface area contributed by atoms with Crippen LogP contribution in [0.5, 0.6) is 0 Å². The molecule has 0 saturated heterocycles. The highest BCUT2D eigenvalue weighted by atomic mass is 14.7. The molecular weight excluding hydrogens is 530 g/mol. The highest BCUT2D eigenvalue weighted by molar-refractivity contribution is 6.06. The zero-order valence-electron chi connectivity index (χ0n) is 25.3. The van der Waals surface area contributed by atoms with Gasteiger partial charge in [0, 0.05) is 16.5 Å². The van der Waals surface area contributed by atoms with E-state index in [0.29, 0.717) is 0 Å². The van der Waals surface area contributed by atoms with E-state index in [0.717, 1.165) is 11.2 Å². The largest absolute Gasteiger partial charge is 0.354 e. The molecule has 0 aliphatic rings. The maximum absolute atomic E-state index is 3.81. The van der Waals surface area contributed by atoms with E-state index in [1.807, 2.05) is 0 Å². The van der Waals surface area contributed by atoms with E-state index in [4.69, 9.17) is 0 Å². The van der Waals surface area contributed by atoms with Crippen molar-refractivity contribution >= 4 is 32.4 Å². The number of hydrogen-bond donors (Lipinski definition) is 1. The van der Waals surface area contributed by atoms with E-state index in [2.05, 4.69) is 165 Å².